The fourth-order valence-corrected chi connectivity index (χ4v) is 7.37. The molecule has 0 spiro atoms. The lowest BCUT2D eigenvalue weighted by molar-refractivity contribution is -0.139. The Bertz CT molecular complexity index is 680. The van der Waals surface area contributed by atoms with Crippen molar-refractivity contribution in [2.24, 2.45) is 51.3 Å². The van der Waals surface area contributed by atoms with Crippen molar-refractivity contribution >= 4 is 11.5 Å². The molecule has 4 aliphatic carbocycles. The van der Waals surface area contributed by atoms with E-state index >= 15 is 0 Å². The maximum atomic E-state index is 12.6. The second kappa shape index (κ2) is 6.92. The summed E-state index contributed by atoms with van der Waals surface area (Å²) in [5.41, 5.74) is 6.84. The van der Waals surface area contributed by atoms with E-state index in [0.29, 0.717) is 42.6 Å². The van der Waals surface area contributed by atoms with E-state index in [4.69, 9.17) is 17.0 Å². The van der Waals surface area contributed by atoms with Gasteiger partial charge in [-0.15, -0.1) is 12.3 Å². The molecule has 0 radical (unpaired) electrons. The van der Waals surface area contributed by atoms with E-state index < -0.39 is 0 Å². The molecule has 4 saturated carbocycles. The zero-order valence-electron chi connectivity index (χ0n) is 16.9. The van der Waals surface area contributed by atoms with E-state index in [1.165, 1.54) is 6.42 Å². The van der Waals surface area contributed by atoms with Crippen molar-refractivity contribution in [3.8, 4) is 12.3 Å². The number of nitrogens with zero attached hydrogens (tertiary/aromatic N) is 1. The van der Waals surface area contributed by atoms with Crippen LogP contribution in [0.15, 0.2) is 5.16 Å². The predicted octanol–water partition coefficient (Wildman–Crippen LogP) is 3.79. The van der Waals surface area contributed by atoms with Gasteiger partial charge in [-0.25, -0.2) is 0 Å². The Morgan fingerprint density at radius 1 is 1.22 bits per heavy atom. The highest BCUT2D eigenvalue weighted by Gasteiger charge is 2.61. The SMILES string of the molecule is C#C[C@H]1C[C@@H]2[C@H](CC[C@]3(C)C(=O)CC[C@@H]23)[C@@]2(C)CCC(=NOCCN)CC12. The summed E-state index contributed by atoms with van der Waals surface area (Å²) >= 11 is 0. The van der Waals surface area contributed by atoms with E-state index in [9.17, 15) is 4.79 Å². The molecule has 4 fully saturated rings. The second-order valence-electron chi connectivity index (χ2n) is 9.90. The van der Waals surface area contributed by atoms with Gasteiger partial charge >= 0.3 is 0 Å². The summed E-state index contributed by atoms with van der Waals surface area (Å²) in [4.78, 5) is 18.0. The van der Waals surface area contributed by atoms with Gasteiger partial charge in [-0.2, -0.15) is 0 Å². The second-order valence-corrected chi connectivity index (χ2v) is 9.90. The van der Waals surface area contributed by atoms with Gasteiger partial charge in [0, 0.05) is 24.3 Å². The van der Waals surface area contributed by atoms with Crippen LogP contribution in [0.1, 0.15) is 65.2 Å². The fourth-order valence-electron chi connectivity index (χ4n) is 7.37. The molecule has 0 aromatic carbocycles. The molecule has 0 aromatic rings. The average Bonchev–Trinajstić information content (AvgIpc) is 2.96. The van der Waals surface area contributed by atoms with Crippen molar-refractivity contribution in [1.82, 2.24) is 0 Å². The minimum Gasteiger partial charge on any atom is -0.395 e. The summed E-state index contributed by atoms with van der Waals surface area (Å²) < 4.78 is 0. The van der Waals surface area contributed by atoms with E-state index in [-0.39, 0.29) is 16.7 Å². The number of carbonyl (C=O) groups excluding carboxylic acids is 1. The van der Waals surface area contributed by atoms with Crippen LogP contribution in [0.25, 0.3) is 0 Å². The summed E-state index contributed by atoms with van der Waals surface area (Å²) in [6, 6.07) is 0. The number of Topliss-reactive ketones (excluding diaryl/α,β-unsaturated/α-hetero) is 1. The van der Waals surface area contributed by atoms with Gasteiger partial charge < -0.3 is 10.6 Å². The van der Waals surface area contributed by atoms with Gasteiger partial charge in [-0.05, 0) is 74.0 Å². The van der Waals surface area contributed by atoms with Crippen molar-refractivity contribution in [1.29, 1.82) is 0 Å². The number of oxime groups is 1. The molecule has 0 aromatic heterocycles. The maximum absolute atomic E-state index is 12.6. The number of fused-ring (bicyclic) bond motifs is 5. The highest BCUT2D eigenvalue weighted by atomic mass is 16.6. The van der Waals surface area contributed by atoms with E-state index in [2.05, 4.69) is 24.9 Å². The first-order chi connectivity index (χ1) is 12.9. The third kappa shape index (κ3) is 2.85. The highest BCUT2D eigenvalue weighted by Crippen LogP contribution is 2.66. The van der Waals surface area contributed by atoms with E-state index in [1.807, 2.05) is 0 Å². The predicted molar refractivity (Wildman–Crippen MR) is 107 cm³/mol. The van der Waals surface area contributed by atoms with Crippen molar-refractivity contribution in [3.05, 3.63) is 0 Å². The Kier molecular flexibility index (Phi) is 4.87. The third-order valence-electron chi connectivity index (χ3n) is 8.88. The lowest BCUT2D eigenvalue weighted by Crippen LogP contribution is -2.56. The first kappa shape index (κ1) is 19.0. The van der Waals surface area contributed by atoms with E-state index in [0.717, 1.165) is 50.7 Å². The highest BCUT2D eigenvalue weighted by molar-refractivity contribution is 5.87. The van der Waals surface area contributed by atoms with Crippen LogP contribution in [0.3, 0.4) is 0 Å². The maximum Gasteiger partial charge on any atom is 0.139 e. The molecule has 0 saturated heterocycles. The molecule has 4 aliphatic rings. The minimum atomic E-state index is -0.0825. The third-order valence-corrected chi connectivity index (χ3v) is 8.88. The van der Waals surface area contributed by atoms with Crippen LogP contribution >= 0.6 is 0 Å². The molecule has 27 heavy (non-hydrogen) atoms. The standard InChI is InChI=1S/C23H34N2O2/c1-4-15-13-17-18-5-6-21(26)23(18,3)10-8-19(17)22(2)9-7-16(14-20(15)22)25-27-12-11-24/h1,15,17-20H,5-14,24H2,2-3H3/t15-,17-,18-,19-,20?,22+,23-/m0/s1. The monoisotopic (exact) mass is 370 g/mol. The summed E-state index contributed by atoms with van der Waals surface area (Å²) in [5, 5.41) is 4.37. The molecule has 0 amide bonds. The Morgan fingerprint density at radius 3 is 2.78 bits per heavy atom. The van der Waals surface area contributed by atoms with Crippen LogP contribution in [0.5, 0.6) is 0 Å². The zero-order valence-corrected chi connectivity index (χ0v) is 16.9. The van der Waals surface area contributed by atoms with Gasteiger partial charge in [-0.3, -0.25) is 4.79 Å². The normalized spacial score (nSPS) is 47.7. The number of hydrogen-bond acceptors (Lipinski definition) is 4. The van der Waals surface area contributed by atoms with Crippen LogP contribution in [0.2, 0.25) is 0 Å². The van der Waals surface area contributed by atoms with Crippen molar-refractivity contribution in [2.75, 3.05) is 13.2 Å². The Morgan fingerprint density at radius 2 is 2.04 bits per heavy atom. The number of nitrogens with two attached hydrogens (primary N) is 1. The zero-order chi connectivity index (χ0) is 19.2. The molecule has 0 bridgehead atoms. The molecular weight excluding hydrogens is 336 g/mol. The Balaban J connectivity index is 1.60. The van der Waals surface area contributed by atoms with Gasteiger partial charge in [0.25, 0.3) is 0 Å². The summed E-state index contributed by atoms with van der Waals surface area (Å²) in [7, 11) is 0. The topological polar surface area (TPSA) is 64.7 Å². The number of carbonyl (C=O) groups is 1. The van der Waals surface area contributed by atoms with Gasteiger partial charge in [0.2, 0.25) is 0 Å². The van der Waals surface area contributed by atoms with Gasteiger partial charge in [0.15, 0.2) is 0 Å². The quantitative estimate of drug-likeness (QED) is 0.467. The van der Waals surface area contributed by atoms with Crippen molar-refractivity contribution in [3.63, 3.8) is 0 Å². The van der Waals surface area contributed by atoms with Gasteiger partial charge in [0.1, 0.15) is 12.4 Å². The van der Waals surface area contributed by atoms with Gasteiger partial charge in [0.05, 0.1) is 5.71 Å². The first-order valence-corrected chi connectivity index (χ1v) is 10.8. The molecule has 148 valence electrons. The lowest BCUT2D eigenvalue weighted by atomic mass is 9.43. The van der Waals surface area contributed by atoms with E-state index in [1.54, 1.807) is 0 Å². The lowest BCUT2D eigenvalue weighted by Gasteiger charge is -2.61. The molecule has 0 heterocycles. The fraction of sp³-hybridized carbons (Fsp3) is 0.826. The Labute approximate surface area is 163 Å². The van der Waals surface area contributed by atoms with Crippen molar-refractivity contribution in [2.45, 2.75) is 65.2 Å². The average molecular weight is 371 g/mol. The summed E-state index contributed by atoms with van der Waals surface area (Å²) in [6.07, 6.45) is 14.3. The minimum absolute atomic E-state index is 0.0825. The van der Waals surface area contributed by atoms with Crippen LogP contribution in [-0.4, -0.2) is 24.6 Å². The molecule has 4 nitrogen and oxygen atoms in total. The van der Waals surface area contributed by atoms with Crippen LogP contribution < -0.4 is 5.73 Å². The molecule has 1 unspecified atom stereocenters. The largest absolute Gasteiger partial charge is 0.395 e. The number of terminal acetylenes is 1. The van der Waals surface area contributed by atoms with Crippen molar-refractivity contribution < 1.29 is 9.63 Å². The number of hydrogen-bond donors (Lipinski definition) is 1. The van der Waals surface area contributed by atoms with Gasteiger partial charge in [-0.1, -0.05) is 19.0 Å². The summed E-state index contributed by atoms with van der Waals surface area (Å²) in [6.45, 7) is 5.69. The smallest absolute Gasteiger partial charge is 0.139 e. The van der Waals surface area contributed by atoms with Crippen LogP contribution in [-0.2, 0) is 9.63 Å². The Hall–Kier alpha value is -1.34. The first-order valence-electron chi connectivity index (χ1n) is 10.8. The number of rotatable bonds is 3. The summed E-state index contributed by atoms with van der Waals surface area (Å²) in [5.74, 6) is 6.28. The molecule has 0 aliphatic heterocycles. The molecule has 4 heteroatoms. The molecule has 4 rings (SSSR count). The number of ketones is 1. The van der Waals surface area contributed by atoms with Crippen LogP contribution in [0.4, 0.5) is 0 Å². The van der Waals surface area contributed by atoms with Crippen LogP contribution in [0, 0.1) is 52.8 Å². The molecule has 2 N–H and O–H groups in total. The molecular formula is C23H34N2O2. The molecule has 7 atom stereocenters.